The molecule has 142 valence electrons. The van der Waals surface area contributed by atoms with Crippen molar-refractivity contribution in [3.05, 3.63) is 70.5 Å². The van der Waals surface area contributed by atoms with Crippen LogP contribution in [0, 0.1) is 19.7 Å². The van der Waals surface area contributed by atoms with E-state index in [0.717, 1.165) is 47.9 Å². The first-order valence-electron chi connectivity index (χ1n) is 9.78. The second-order valence-electron chi connectivity index (χ2n) is 8.17. The van der Waals surface area contributed by atoms with Gasteiger partial charge >= 0.3 is 0 Å². The summed E-state index contributed by atoms with van der Waals surface area (Å²) in [5, 5.41) is 3.34. The monoisotopic (exact) mass is 366 g/mol. The largest absolute Gasteiger partial charge is 0.343 e. The number of rotatable bonds is 4. The Hall–Kier alpha value is -2.20. The number of halogens is 1. The van der Waals surface area contributed by atoms with E-state index in [1.165, 1.54) is 12.1 Å². The molecular weight excluding hydrogens is 339 g/mol. The van der Waals surface area contributed by atoms with Crippen LogP contribution in [0.1, 0.15) is 58.8 Å². The minimum absolute atomic E-state index is 0.0435. The summed E-state index contributed by atoms with van der Waals surface area (Å²) in [6.45, 7) is 3.95. The van der Waals surface area contributed by atoms with Gasteiger partial charge in [0.2, 0.25) is 0 Å². The number of likely N-dealkylation sites (N-methyl/N-ethyl adjacent to an activating group) is 1. The fraction of sp³-hybridized carbons (Fsp3) is 0.435. The lowest BCUT2D eigenvalue weighted by Gasteiger charge is -2.41. The zero-order valence-electron chi connectivity index (χ0n) is 16.3. The number of hydrogen-bond donors (Lipinski definition) is 1. The summed E-state index contributed by atoms with van der Waals surface area (Å²) in [5.41, 5.74) is 3.59. The Balaban J connectivity index is 1.73. The lowest BCUT2D eigenvalue weighted by Crippen LogP contribution is -2.51. The molecule has 1 N–H and O–H groups in total. The van der Waals surface area contributed by atoms with Gasteiger partial charge in [-0.15, -0.1) is 0 Å². The molecule has 2 fully saturated rings. The Morgan fingerprint density at radius 3 is 2.22 bits per heavy atom. The zero-order valence-corrected chi connectivity index (χ0v) is 16.3. The van der Waals surface area contributed by atoms with E-state index in [9.17, 15) is 9.18 Å². The summed E-state index contributed by atoms with van der Waals surface area (Å²) in [7, 11) is 2.17. The highest BCUT2D eigenvalue weighted by Crippen LogP contribution is 2.51. The molecule has 0 saturated carbocycles. The van der Waals surface area contributed by atoms with Crippen molar-refractivity contribution in [2.24, 2.45) is 0 Å². The molecule has 2 saturated heterocycles. The van der Waals surface area contributed by atoms with Crippen LogP contribution in [0.4, 0.5) is 4.39 Å². The molecule has 2 aliphatic rings. The average Bonchev–Trinajstić information content (AvgIpc) is 3.13. The summed E-state index contributed by atoms with van der Waals surface area (Å²) in [5.74, 6) is -0.293. The quantitative estimate of drug-likeness (QED) is 0.862. The fourth-order valence-electron chi connectivity index (χ4n) is 5.26. The second-order valence-corrected chi connectivity index (χ2v) is 8.17. The lowest BCUT2D eigenvalue weighted by molar-refractivity contribution is 0.0836. The van der Waals surface area contributed by atoms with Crippen LogP contribution in [-0.2, 0) is 0 Å². The van der Waals surface area contributed by atoms with Crippen molar-refractivity contribution < 1.29 is 9.18 Å². The predicted octanol–water partition coefficient (Wildman–Crippen LogP) is 4.54. The number of benzene rings is 2. The Kier molecular flexibility index (Phi) is 4.55. The number of carbonyl (C=O) groups is 1. The molecule has 3 nitrogen and oxygen atoms in total. The van der Waals surface area contributed by atoms with E-state index in [4.69, 9.17) is 0 Å². The van der Waals surface area contributed by atoms with E-state index >= 15 is 0 Å². The number of fused-ring (bicyclic) bond motifs is 2. The third kappa shape index (κ3) is 2.96. The van der Waals surface area contributed by atoms with Crippen molar-refractivity contribution in [3.63, 3.8) is 0 Å². The fourth-order valence-corrected chi connectivity index (χ4v) is 5.26. The van der Waals surface area contributed by atoms with E-state index in [0.29, 0.717) is 6.04 Å². The maximum atomic E-state index is 13.5. The molecule has 1 atom stereocenters. The summed E-state index contributed by atoms with van der Waals surface area (Å²) >= 11 is 0. The topological polar surface area (TPSA) is 32.3 Å². The van der Waals surface area contributed by atoms with Crippen molar-refractivity contribution in [2.45, 2.75) is 57.2 Å². The predicted molar refractivity (Wildman–Crippen MR) is 105 cm³/mol. The maximum absolute atomic E-state index is 13.5. The van der Waals surface area contributed by atoms with Crippen molar-refractivity contribution in [1.82, 2.24) is 10.2 Å². The first-order chi connectivity index (χ1) is 12.9. The number of carbonyl (C=O) groups excluding carboxylic acids is 1. The van der Waals surface area contributed by atoms with Crippen LogP contribution < -0.4 is 5.32 Å². The SMILES string of the molecule is Cc1cccc(C)c1C(=O)NC(c1ccc(F)cc1)C12CCC(CC1)N2C. The van der Waals surface area contributed by atoms with Gasteiger partial charge in [0, 0.05) is 17.1 Å². The van der Waals surface area contributed by atoms with Gasteiger partial charge in [0.15, 0.2) is 0 Å². The van der Waals surface area contributed by atoms with Crippen LogP contribution >= 0.6 is 0 Å². The number of nitrogens with zero attached hydrogens (tertiary/aromatic N) is 1. The Morgan fingerprint density at radius 2 is 1.70 bits per heavy atom. The first kappa shape index (κ1) is 18.2. The summed E-state index contributed by atoms with van der Waals surface area (Å²) < 4.78 is 13.5. The number of aryl methyl sites for hydroxylation is 2. The van der Waals surface area contributed by atoms with Crippen molar-refractivity contribution in [3.8, 4) is 0 Å². The highest BCUT2D eigenvalue weighted by Gasteiger charge is 2.54. The van der Waals surface area contributed by atoms with Gasteiger partial charge in [-0.1, -0.05) is 30.3 Å². The molecule has 4 rings (SSSR count). The molecule has 2 aliphatic heterocycles. The van der Waals surface area contributed by atoms with E-state index < -0.39 is 0 Å². The van der Waals surface area contributed by atoms with Gasteiger partial charge in [0.1, 0.15) is 5.82 Å². The van der Waals surface area contributed by atoms with Crippen LogP contribution in [0.5, 0.6) is 0 Å². The third-order valence-corrected chi connectivity index (χ3v) is 6.80. The Morgan fingerprint density at radius 1 is 1.11 bits per heavy atom. The van der Waals surface area contributed by atoms with Gasteiger partial charge in [0.25, 0.3) is 5.91 Å². The van der Waals surface area contributed by atoms with Crippen LogP contribution in [0.2, 0.25) is 0 Å². The van der Waals surface area contributed by atoms with Crippen molar-refractivity contribution in [2.75, 3.05) is 7.05 Å². The summed E-state index contributed by atoms with van der Waals surface area (Å²) in [4.78, 5) is 15.7. The Labute approximate surface area is 160 Å². The van der Waals surface area contributed by atoms with E-state index in [2.05, 4.69) is 17.3 Å². The Bertz CT molecular complexity index is 833. The standard InChI is InChI=1S/C23H27FN2O/c1-15-5-4-6-16(2)20(15)22(27)25-21(17-7-9-18(24)10-8-17)23-13-11-19(12-14-23)26(23)3/h4-10,19,21H,11-14H2,1-3H3,(H,25,27). The van der Waals surface area contributed by atoms with E-state index in [1.807, 2.05) is 44.2 Å². The number of nitrogens with one attached hydrogen (secondary N) is 1. The van der Waals surface area contributed by atoms with Crippen LogP contribution in [0.15, 0.2) is 42.5 Å². The first-order valence-corrected chi connectivity index (χ1v) is 9.78. The van der Waals surface area contributed by atoms with Gasteiger partial charge in [-0.05, 0) is 75.4 Å². The second kappa shape index (κ2) is 6.75. The molecule has 4 heteroatoms. The highest BCUT2D eigenvalue weighted by molar-refractivity contribution is 5.97. The van der Waals surface area contributed by atoms with Gasteiger partial charge in [0.05, 0.1) is 6.04 Å². The van der Waals surface area contributed by atoms with Crippen LogP contribution in [0.25, 0.3) is 0 Å². The molecule has 2 bridgehead atoms. The molecule has 2 aromatic carbocycles. The summed E-state index contributed by atoms with van der Waals surface area (Å²) in [6, 6.07) is 13.0. The molecule has 0 aliphatic carbocycles. The minimum atomic E-state index is -0.250. The molecule has 0 radical (unpaired) electrons. The number of amides is 1. The van der Waals surface area contributed by atoms with Gasteiger partial charge in [-0.2, -0.15) is 0 Å². The smallest absolute Gasteiger partial charge is 0.252 e. The zero-order chi connectivity index (χ0) is 19.2. The van der Waals surface area contributed by atoms with E-state index in [-0.39, 0.29) is 23.3 Å². The molecule has 1 unspecified atom stereocenters. The lowest BCUT2D eigenvalue weighted by atomic mass is 9.78. The van der Waals surface area contributed by atoms with Crippen LogP contribution in [0.3, 0.4) is 0 Å². The molecule has 2 aromatic rings. The maximum Gasteiger partial charge on any atom is 0.252 e. The van der Waals surface area contributed by atoms with Crippen LogP contribution in [-0.4, -0.2) is 29.4 Å². The number of hydrogen-bond acceptors (Lipinski definition) is 2. The normalized spacial score (nSPS) is 25.6. The third-order valence-electron chi connectivity index (χ3n) is 6.80. The van der Waals surface area contributed by atoms with E-state index in [1.54, 1.807) is 0 Å². The minimum Gasteiger partial charge on any atom is -0.343 e. The molecule has 2 heterocycles. The van der Waals surface area contributed by atoms with Crippen molar-refractivity contribution >= 4 is 5.91 Å². The van der Waals surface area contributed by atoms with Gasteiger partial charge in [-0.3, -0.25) is 9.69 Å². The average molecular weight is 366 g/mol. The summed E-state index contributed by atoms with van der Waals surface area (Å²) in [6.07, 6.45) is 4.44. The van der Waals surface area contributed by atoms with Gasteiger partial charge in [-0.25, -0.2) is 4.39 Å². The highest BCUT2D eigenvalue weighted by atomic mass is 19.1. The molecule has 1 amide bonds. The molecule has 27 heavy (non-hydrogen) atoms. The van der Waals surface area contributed by atoms with Gasteiger partial charge < -0.3 is 5.32 Å². The molecule has 0 aromatic heterocycles. The molecule has 0 spiro atoms. The molecular formula is C23H27FN2O. The van der Waals surface area contributed by atoms with Crippen molar-refractivity contribution in [1.29, 1.82) is 0 Å².